The van der Waals surface area contributed by atoms with E-state index >= 15 is 0 Å². The van der Waals surface area contributed by atoms with Crippen LogP contribution in [-0.4, -0.2) is 5.11 Å². The van der Waals surface area contributed by atoms with Gasteiger partial charge in [-0.2, -0.15) is 0 Å². The van der Waals surface area contributed by atoms with Crippen molar-refractivity contribution in [1.82, 2.24) is 5.32 Å². The molecule has 3 heteroatoms. The van der Waals surface area contributed by atoms with Crippen molar-refractivity contribution in [2.75, 3.05) is 0 Å². The molecule has 1 aromatic carbocycles. The van der Waals surface area contributed by atoms with Crippen LogP contribution in [0.3, 0.4) is 0 Å². The normalized spacial score (nSPS) is 15.1. The molecule has 14 heavy (non-hydrogen) atoms. The highest BCUT2D eigenvalue weighted by molar-refractivity contribution is 7.80. The second-order valence-corrected chi connectivity index (χ2v) is 4.13. The van der Waals surface area contributed by atoms with Gasteiger partial charge >= 0.3 is 0 Å². The lowest BCUT2D eigenvalue weighted by atomic mass is 10.0. The lowest BCUT2D eigenvalue weighted by Crippen LogP contribution is -2.28. The molecule has 1 aromatic rings. The highest BCUT2D eigenvalue weighted by Gasteiger charge is 2.25. The summed E-state index contributed by atoms with van der Waals surface area (Å²) in [6.45, 7) is 0.752. The number of nitrogens with two attached hydrogens (primary N) is 1. The Morgan fingerprint density at radius 3 is 2.79 bits per heavy atom. The van der Waals surface area contributed by atoms with Gasteiger partial charge in [0.1, 0.15) is 0 Å². The SMILES string of the molecule is NC(=S)NCc1ccccc1C1CC1. The van der Waals surface area contributed by atoms with Crippen molar-refractivity contribution in [2.45, 2.75) is 25.3 Å². The topological polar surface area (TPSA) is 38.0 Å². The average molecular weight is 206 g/mol. The predicted octanol–water partition coefficient (Wildman–Crippen LogP) is 1.90. The Bertz CT molecular complexity index is 345. The first-order chi connectivity index (χ1) is 6.77. The highest BCUT2D eigenvalue weighted by Crippen LogP contribution is 2.41. The molecule has 0 aliphatic heterocycles. The van der Waals surface area contributed by atoms with E-state index in [1.54, 1.807) is 0 Å². The first-order valence-electron chi connectivity index (χ1n) is 4.88. The lowest BCUT2D eigenvalue weighted by Gasteiger charge is -2.09. The molecule has 0 aromatic heterocycles. The maximum atomic E-state index is 5.40. The van der Waals surface area contributed by atoms with Crippen LogP contribution in [0.1, 0.15) is 29.9 Å². The van der Waals surface area contributed by atoms with Crippen LogP contribution in [0.15, 0.2) is 24.3 Å². The quantitative estimate of drug-likeness (QED) is 0.742. The first-order valence-corrected chi connectivity index (χ1v) is 5.29. The molecule has 0 unspecified atom stereocenters. The Hall–Kier alpha value is -1.09. The van der Waals surface area contributed by atoms with Crippen molar-refractivity contribution >= 4 is 17.3 Å². The molecular formula is C11H14N2S. The summed E-state index contributed by atoms with van der Waals surface area (Å²) in [5, 5.41) is 3.36. The monoisotopic (exact) mass is 206 g/mol. The van der Waals surface area contributed by atoms with E-state index in [9.17, 15) is 0 Å². The van der Waals surface area contributed by atoms with E-state index in [1.165, 1.54) is 24.0 Å². The molecule has 1 aliphatic carbocycles. The zero-order chi connectivity index (χ0) is 9.97. The van der Waals surface area contributed by atoms with Crippen LogP contribution in [0.5, 0.6) is 0 Å². The number of hydrogen-bond donors (Lipinski definition) is 2. The van der Waals surface area contributed by atoms with Gasteiger partial charge in [-0.15, -0.1) is 0 Å². The summed E-state index contributed by atoms with van der Waals surface area (Å²) >= 11 is 4.79. The Balaban J connectivity index is 2.10. The zero-order valence-electron chi connectivity index (χ0n) is 7.99. The van der Waals surface area contributed by atoms with Gasteiger partial charge in [-0.05, 0) is 42.1 Å². The average Bonchev–Trinajstić information content (AvgIpc) is 2.98. The molecule has 2 rings (SSSR count). The van der Waals surface area contributed by atoms with E-state index in [-0.39, 0.29) is 0 Å². The molecule has 0 heterocycles. The van der Waals surface area contributed by atoms with Gasteiger partial charge in [0.2, 0.25) is 0 Å². The predicted molar refractivity (Wildman–Crippen MR) is 62.0 cm³/mol. The summed E-state index contributed by atoms with van der Waals surface area (Å²) in [6, 6.07) is 8.49. The van der Waals surface area contributed by atoms with Gasteiger partial charge in [-0.25, -0.2) is 0 Å². The van der Waals surface area contributed by atoms with E-state index in [1.807, 2.05) is 0 Å². The molecule has 0 atom stereocenters. The molecule has 0 radical (unpaired) electrons. The Morgan fingerprint density at radius 1 is 1.43 bits per heavy atom. The van der Waals surface area contributed by atoms with Gasteiger partial charge in [-0.3, -0.25) is 0 Å². The van der Waals surface area contributed by atoms with Gasteiger partial charge < -0.3 is 11.1 Å². The fourth-order valence-electron chi connectivity index (χ4n) is 1.67. The van der Waals surface area contributed by atoms with Crippen LogP contribution < -0.4 is 11.1 Å². The largest absolute Gasteiger partial charge is 0.376 e. The van der Waals surface area contributed by atoms with Crippen molar-refractivity contribution in [3.63, 3.8) is 0 Å². The van der Waals surface area contributed by atoms with Crippen molar-refractivity contribution in [2.24, 2.45) is 5.73 Å². The van der Waals surface area contributed by atoms with Gasteiger partial charge in [0.25, 0.3) is 0 Å². The van der Waals surface area contributed by atoms with Gasteiger partial charge in [0.15, 0.2) is 5.11 Å². The number of nitrogens with one attached hydrogen (secondary N) is 1. The molecule has 0 spiro atoms. The van der Waals surface area contributed by atoms with E-state index in [2.05, 4.69) is 29.6 Å². The molecule has 0 saturated heterocycles. The molecular weight excluding hydrogens is 192 g/mol. The molecule has 0 bridgehead atoms. The zero-order valence-corrected chi connectivity index (χ0v) is 8.81. The van der Waals surface area contributed by atoms with Crippen molar-refractivity contribution in [3.8, 4) is 0 Å². The van der Waals surface area contributed by atoms with Gasteiger partial charge in [0.05, 0.1) is 0 Å². The maximum absolute atomic E-state index is 5.40. The van der Waals surface area contributed by atoms with Gasteiger partial charge in [0, 0.05) is 6.54 Å². The fraction of sp³-hybridized carbons (Fsp3) is 0.364. The third kappa shape index (κ3) is 2.23. The van der Waals surface area contributed by atoms with Crippen molar-refractivity contribution in [1.29, 1.82) is 0 Å². The Kier molecular flexibility index (Phi) is 2.68. The van der Waals surface area contributed by atoms with Crippen LogP contribution in [0.4, 0.5) is 0 Å². The van der Waals surface area contributed by atoms with Gasteiger partial charge in [-0.1, -0.05) is 24.3 Å². The summed E-state index contributed by atoms with van der Waals surface area (Å²) < 4.78 is 0. The maximum Gasteiger partial charge on any atom is 0.163 e. The summed E-state index contributed by atoms with van der Waals surface area (Å²) in [4.78, 5) is 0. The van der Waals surface area contributed by atoms with Crippen LogP contribution in [-0.2, 0) is 6.54 Å². The second-order valence-electron chi connectivity index (χ2n) is 3.69. The molecule has 2 nitrogen and oxygen atoms in total. The minimum atomic E-state index is 0.371. The second kappa shape index (κ2) is 3.96. The highest BCUT2D eigenvalue weighted by atomic mass is 32.1. The third-order valence-corrected chi connectivity index (χ3v) is 2.67. The minimum Gasteiger partial charge on any atom is -0.376 e. The standard InChI is InChI=1S/C11H14N2S/c12-11(14)13-7-9-3-1-2-4-10(9)8-5-6-8/h1-4,8H,5-7H2,(H3,12,13,14). The lowest BCUT2D eigenvalue weighted by molar-refractivity contribution is 0.893. The van der Waals surface area contributed by atoms with Crippen molar-refractivity contribution < 1.29 is 0 Å². The first kappa shape index (κ1) is 9.46. The van der Waals surface area contributed by atoms with E-state index in [0.29, 0.717) is 5.11 Å². The van der Waals surface area contributed by atoms with E-state index in [0.717, 1.165) is 12.5 Å². The Morgan fingerprint density at radius 2 is 2.14 bits per heavy atom. The number of rotatable bonds is 3. The molecule has 74 valence electrons. The molecule has 1 aliphatic rings. The minimum absolute atomic E-state index is 0.371. The summed E-state index contributed by atoms with van der Waals surface area (Å²) in [6.07, 6.45) is 2.65. The van der Waals surface area contributed by atoms with Crippen LogP contribution >= 0.6 is 12.2 Å². The third-order valence-electron chi connectivity index (χ3n) is 2.53. The van der Waals surface area contributed by atoms with Crippen molar-refractivity contribution in [3.05, 3.63) is 35.4 Å². The summed E-state index contributed by atoms with van der Waals surface area (Å²) in [5.41, 5.74) is 8.18. The van der Waals surface area contributed by atoms with Crippen LogP contribution in [0.25, 0.3) is 0 Å². The van der Waals surface area contributed by atoms with Crippen LogP contribution in [0.2, 0.25) is 0 Å². The molecule has 1 fully saturated rings. The number of hydrogen-bond acceptors (Lipinski definition) is 1. The van der Waals surface area contributed by atoms with E-state index in [4.69, 9.17) is 18.0 Å². The number of thiocarbonyl (C=S) groups is 1. The summed E-state index contributed by atoms with van der Waals surface area (Å²) in [5.74, 6) is 0.777. The van der Waals surface area contributed by atoms with Crippen LogP contribution in [0, 0.1) is 0 Å². The smallest absolute Gasteiger partial charge is 0.163 e. The molecule has 0 amide bonds. The molecule has 3 N–H and O–H groups in total. The Labute approximate surface area is 89.5 Å². The summed E-state index contributed by atoms with van der Waals surface area (Å²) in [7, 11) is 0. The molecule has 1 saturated carbocycles. The number of benzene rings is 1. The fourth-order valence-corrected chi connectivity index (χ4v) is 1.74. The van der Waals surface area contributed by atoms with E-state index < -0.39 is 0 Å².